The molecule has 1 aromatic heterocycles. The Hall–Kier alpha value is -1.83. The van der Waals surface area contributed by atoms with E-state index in [0.29, 0.717) is 47.0 Å². The Balaban J connectivity index is 1.30. The molecule has 1 aromatic carbocycles. The van der Waals surface area contributed by atoms with Crippen LogP contribution < -0.4 is 10.2 Å². The quantitative estimate of drug-likeness (QED) is 0.772. The molecule has 0 radical (unpaired) electrons. The number of carbonyl (C=O) groups is 2. The van der Waals surface area contributed by atoms with Gasteiger partial charge in [0.1, 0.15) is 0 Å². The lowest BCUT2D eigenvalue weighted by Crippen LogP contribution is -2.49. The van der Waals surface area contributed by atoms with Crippen molar-refractivity contribution in [3.05, 3.63) is 39.3 Å². The van der Waals surface area contributed by atoms with Crippen molar-refractivity contribution in [3.8, 4) is 0 Å². The number of hydrogen-bond donors (Lipinski definition) is 1. The van der Waals surface area contributed by atoms with Gasteiger partial charge in [-0.15, -0.1) is 11.3 Å². The summed E-state index contributed by atoms with van der Waals surface area (Å²) in [6, 6.07) is 5.59. The van der Waals surface area contributed by atoms with E-state index in [0.717, 1.165) is 18.5 Å². The first-order chi connectivity index (χ1) is 13.5. The van der Waals surface area contributed by atoms with Gasteiger partial charge in [-0.3, -0.25) is 9.59 Å². The van der Waals surface area contributed by atoms with Gasteiger partial charge in [-0.05, 0) is 25.0 Å². The van der Waals surface area contributed by atoms with E-state index in [2.05, 4.69) is 15.2 Å². The number of thiazole rings is 1. The van der Waals surface area contributed by atoms with E-state index >= 15 is 0 Å². The van der Waals surface area contributed by atoms with Gasteiger partial charge in [0.25, 0.3) is 0 Å². The number of carbonyl (C=O) groups excluding carboxylic acids is 2. The summed E-state index contributed by atoms with van der Waals surface area (Å²) in [5, 5.41) is 6.31. The smallest absolute Gasteiger partial charge is 0.229 e. The Kier molecular flexibility index (Phi) is 5.75. The predicted octanol–water partition coefficient (Wildman–Crippen LogP) is 3.69. The first-order valence-electron chi connectivity index (χ1n) is 9.23. The zero-order chi connectivity index (χ0) is 19.7. The van der Waals surface area contributed by atoms with Crippen LogP contribution in [0, 0.1) is 5.92 Å². The minimum Gasteiger partial charge on any atom is -0.367 e. The minimum atomic E-state index is 0.0306. The zero-order valence-corrected chi connectivity index (χ0v) is 17.5. The van der Waals surface area contributed by atoms with Crippen LogP contribution in [-0.2, 0) is 16.0 Å². The zero-order valence-electron chi connectivity index (χ0n) is 15.2. The number of amides is 2. The summed E-state index contributed by atoms with van der Waals surface area (Å²) >= 11 is 13.8. The van der Waals surface area contributed by atoms with Gasteiger partial charge >= 0.3 is 0 Å². The standard InChI is InChI=1S/C19H20Cl2N4O2S/c20-14-2-1-3-15(17(14)21)24-6-8-25(9-7-24)16(26)10-13-11-28-19(22-13)23-18(27)12-4-5-12/h1-3,11-12H,4-10H2,(H,22,23,27). The molecule has 28 heavy (non-hydrogen) atoms. The Morgan fingerprint density at radius 3 is 2.64 bits per heavy atom. The molecule has 1 aliphatic heterocycles. The van der Waals surface area contributed by atoms with Crippen LogP contribution in [0.5, 0.6) is 0 Å². The van der Waals surface area contributed by atoms with Gasteiger partial charge in [-0.2, -0.15) is 0 Å². The van der Waals surface area contributed by atoms with Crippen LogP contribution in [0.15, 0.2) is 23.6 Å². The van der Waals surface area contributed by atoms with E-state index < -0.39 is 0 Å². The molecule has 1 saturated carbocycles. The SMILES string of the molecule is O=C(Nc1nc(CC(=O)N2CCN(c3cccc(Cl)c3Cl)CC2)cs1)C1CC1. The summed E-state index contributed by atoms with van der Waals surface area (Å²) in [6.07, 6.45) is 2.15. The number of hydrogen-bond acceptors (Lipinski definition) is 5. The van der Waals surface area contributed by atoms with Gasteiger partial charge in [0, 0.05) is 37.5 Å². The fourth-order valence-corrected chi connectivity index (χ4v) is 4.33. The number of benzene rings is 1. The number of anilines is 2. The maximum Gasteiger partial charge on any atom is 0.229 e. The summed E-state index contributed by atoms with van der Waals surface area (Å²) in [5.41, 5.74) is 1.60. The monoisotopic (exact) mass is 438 g/mol. The molecule has 2 heterocycles. The lowest BCUT2D eigenvalue weighted by molar-refractivity contribution is -0.130. The van der Waals surface area contributed by atoms with Crippen molar-refractivity contribution in [2.75, 3.05) is 36.4 Å². The highest BCUT2D eigenvalue weighted by Gasteiger charge is 2.30. The first-order valence-corrected chi connectivity index (χ1v) is 10.9. The van der Waals surface area contributed by atoms with Crippen molar-refractivity contribution >= 4 is 57.2 Å². The molecule has 1 aliphatic carbocycles. The molecule has 9 heteroatoms. The van der Waals surface area contributed by atoms with Crippen molar-refractivity contribution in [1.82, 2.24) is 9.88 Å². The number of halogens is 2. The molecule has 2 aromatic rings. The molecule has 1 saturated heterocycles. The molecular weight excluding hydrogens is 419 g/mol. The third kappa shape index (κ3) is 4.42. The van der Waals surface area contributed by atoms with E-state index in [1.165, 1.54) is 11.3 Å². The minimum absolute atomic E-state index is 0.0306. The highest BCUT2D eigenvalue weighted by molar-refractivity contribution is 7.13. The second-order valence-corrected chi connectivity index (χ2v) is 8.67. The van der Waals surface area contributed by atoms with Crippen LogP contribution in [0.3, 0.4) is 0 Å². The Labute approximate surface area is 177 Å². The second-order valence-electron chi connectivity index (χ2n) is 7.03. The number of piperazine rings is 1. The van der Waals surface area contributed by atoms with Gasteiger partial charge in [-0.25, -0.2) is 4.98 Å². The molecule has 1 N–H and O–H groups in total. The van der Waals surface area contributed by atoms with Crippen molar-refractivity contribution in [3.63, 3.8) is 0 Å². The lowest BCUT2D eigenvalue weighted by Gasteiger charge is -2.36. The second kappa shape index (κ2) is 8.27. The van der Waals surface area contributed by atoms with Gasteiger partial charge in [0.05, 0.1) is 27.8 Å². The Bertz CT molecular complexity index is 892. The summed E-state index contributed by atoms with van der Waals surface area (Å²) in [6.45, 7) is 2.64. The summed E-state index contributed by atoms with van der Waals surface area (Å²) < 4.78 is 0. The van der Waals surface area contributed by atoms with Crippen LogP contribution in [-0.4, -0.2) is 47.9 Å². The molecule has 4 rings (SSSR count). The van der Waals surface area contributed by atoms with Crippen LogP contribution in [0.4, 0.5) is 10.8 Å². The van der Waals surface area contributed by atoms with Crippen molar-refractivity contribution in [1.29, 1.82) is 0 Å². The highest BCUT2D eigenvalue weighted by atomic mass is 35.5. The lowest BCUT2D eigenvalue weighted by atomic mass is 10.2. The number of nitrogens with zero attached hydrogens (tertiary/aromatic N) is 3. The van der Waals surface area contributed by atoms with Crippen LogP contribution in [0.25, 0.3) is 0 Å². The van der Waals surface area contributed by atoms with Crippen molar-refractivity contribution in [2.24, 2.45) is 5.92 Å². The molecular formula is C19H20Cl2N4O2S. The summed E-state index contributed by atoms with van der Waals surface area (Å²) in [7, 11) is 0. The van der Waals surface area contributed by atoms with Crippen LogP contribution in [0.1, 0.15) is 18.5 Å². The van der Waals surface area contributed by atoms with Crippen molar-refractivity contribution < 1.29 is 9.59 Å². The molecule has 2 fully saturated rings. The number of aromatic nitrogens is 1. The fourth-order valence-electron chi connectivity index (χ4n) is 3.20. The van der Waals surface area contributed by atoms with Gasteiger partial charge in [-0.1, -0.05) is 29.3 Å². The third-order valence-corrected chi connectivity index (χ3v) is 6.58. The third-order valence-electron chi connectivity index (χ3n) is 4.97. The van der Waals surface area contributed by atoms with E-state index in [-0.39, 0.29) is 24.2 Å². The largest absolute Gasteiger partial charge is 0.367 e. The van der Waals surface area contributed by atoms with E-state index in [1.807, 2.05) is 22.4 Å². The van der Waals surface area contributed by atoms with Crippen LogP contribution >= 0.6 is 34.5 Å². The molecule has 0 atom stereocenters. The normalized spacial score (nSPS) is 16.9. The molecule has 0 bridgehead atoms. The van der Waals surface area contributed by atoms with Gasteiger partial charge in [0.2, 0.25) is 11.8 Å². The fraction of sp³-hybridized carbons (Fsp3) is 0.421. The average molecular weight is 439 g/mol. The van der Waals surface area contributed by atoms with E-state index in [4.69, 9.17) is 23.2 Å². The molecule has 0 spiro atoms. The predicted molar refractivity (Wildman–Crippen MR) is 112 cm³/mol. The maximum atomic E-state index is 12.6. The Morgan fingerprint density at radius 1 is 1.18 bits per heavy atom. The molecule has 148 valence electrons. The first kappa shape index (κ1) is 19.5. The topological polar surface area (TPSA) is 65.5 Å². The number of rotatable bonds is 5. The van der Waals surface area contributed by atoms with E-state index in [1.54, 1.807) is 6.07 Å². The average Bonchev–Trinajstić information content (AvgIpc) is 3.46. The highest BCUT2D eigenvalue weighted by Crippen LogP contribution is 2.33. The number of nitrogens with one attached hydrogen (secondary N) is 1. The summed E-state index contributed by atoms with van der Waals surface area (Å²) in [4.78, 5) is 32.8. The molecule has 6 nitrogen and oxygen atoms in total. The van der Waals surface area contributed by atoms with Gasteiger partial charge < -0.3 is 15.1 Å². The summed E-state index contributed by atoms with van der Waals surface area (Å²) in [5.74, 6) is 0.212. The van der Waals surface area contributed by atoms with Crippen molar-refractivity contribution in [2.45, 2.75) is 19.3 Å². The molecule has 2 amide bonds. The van der Waals surface area contributed by atoms with Crippen LogP contribution in [0.2, 0.25) is 10.0 Å². The molecule has 2 aliphatic rings. The van der Waals surface area contributed by atoms with E-state index in [9.17, 15) is 9.59 Å². The molecule has 0 unspecified atom stereocenters. The Morgan fingerprint density at radius 2 is 1.93 bits per heavy atom. The maximum absolute atomic E-state index is 12.6. The van der Waals surface area contributed by atoms with Gasteiger partial charge in [0.15, 0.2) is 5.13 Å².